The van der Waals surface area contributed by atoms with Gasteiger partial charge in [0.2, 0.25) is 0 Å². The summed E-state index contributed by atoms with van der Waals surface area (Å²) in [7, 11) is 3.80. The Kier molecular flexibility index (Phi) is 5.91. The Morgan fingerprint density at radius 2 is 1.81 bits per heavy atom. The molecule has 2 fully saturated rings. The maximum Gasteiger partial charge on any atom is 0.316 e. The number of nitrogens with zero attached hydrogens (tertiary/aromatic N) is 1. The van der Waals surface area contributed by atoms with E-state index in [1.165, 1.54) is 12.8 Å². The van der Waals surface area contributed by atoms with Crippen molar-refractivity contribution in [2.75, 3.05) is 27.2 Å². The largest absolute Gasteiger partial charge is 0.497 e. The molecule has 0 N–H and O–H groups in total. The first kappa shape index (κ1) is 19.2. The summed E-state index contributed by atoms with van der Waals surface area (Å²) in [6.45, 7) is 6.26. The van der Waals surface area contributed by atoms with Gasteiger partial charge in [-0.3, -0.25) is 4.79 Å². The standard InChI is InChI=1S/C22H33NO3/c1-16-15-23(3)14-13-20(16)26-21(24)22(2,17-7-5-6-8-17)18-9-11-19(25-4)12-10-18/h9-12,16-17,20H,5-8,13-15H2,1-4H3. The quantitative estimate of drug-likeness (QED) is 0.744. The molecule has 0 aromatic heterocycles. The summed E-state index contributed by atoms with van der Waals surface area (Å²) < 4.78 is 11.4. The van der Waals surface area contributed by atoms with E-state index < -0.39 is 5.41 Å². The van der Waals surface area contributed by atoms with Gasteiger partial charge in [0.15, 0.2) is 0 Å². The van der Waals surface area contributed by atoms with Crippen molar-refractivity contribution in [1.29, 1.82) is 0 Å². The van der Waals surface area contributed by atoms with Crippen molar-refractivity contribution in [2.24, 2.45) is 11.8 Å². The molecule has 1 heterocycles. The van der Waals surface area contributed by atoms with Crippen LogP contribution >= 0.6 is 0 Å². The number of rotatable bonds is 5. The van der Waals surface area contributed by atoms with E-state index in [-0.39, 0.29) is 12.1 Å². The molecule has 3 rings (SSSR count). The molecule has 0 bridgehead atoms. The lowest BCUT2D eigenvalue weighted by Crippen LogP contribution is -2.47. The molecule has 1 saturated carbocycles. The lowest BCUT2D eigenvalue weighted by atomic mass is 9.70. The molecule has 0 amide bonds. The number of piperidine rings is 1. The number of hydrogen-bond acceptors (Lipinski definition) is 4. The predicted octanol–water partition coefficient (Wildman–Crippen LogP) is 4.03. The van der Waals surface area contributed by atoms with Crippen molar-refractivity contribution in [2.45, 2.75) is 57.5 Å². The van der Waals surface area contributed by atoms with Gasteiger partial charge in [-0.15, -0.1) is 0 Å². The van der Waals surface area contributed by atoms with Gasteiger partial charge >= 0.3 is 5.97 Å². The fraction of sp³-hybridized carbons (Fsp3) is 0.682. The van der Waals surface area contributed by atoms with Crippen molar-refractivity contribution in [3.05, 3.63) is 29.8 Å². The third-order valence-corrected chi connectivity index (χ3v) is 6.57. The Labute approximate surface area is 157 Å². The van der Waals surface area contributed by atoms with Gasteiger partial charge in [0.1, 0.15) is 11.9 Å². The summed E-state index contributed by atoms with van der Waals surface area (Å²) in [5.74, 6) is 1.50. The minimum atomic E-state index is -0.578. The van der Waals surface area contributed by atoms with Gasteiger partial charge < -0.3 is 14.4 Å². The maximum absolute atomic E-state index is 13.4. The van der Waals surface area contributed by atoms with E-state index in [2.05, 4.69) is 25.8 Å². The van der Waals surface area contributed by atoms with E-state index in [4.69, 9.17) is 9.47 Å². The average Bonchev–Trinajstić information content (AvgIpc) is 3.18. The van der Waals surface area contributed by atoms with Gasteiger partial charge in [-0.1, -0.05) is 31.9 Å². The van der Waals surface area contributed by atoms with Gasteiger partial charge in [-0.05, 0) is 56.8 Å². The van der Waals surface area contributed by atoms with Gasteiger partial charge in [0.05, 0.1) is 12.5 Å². The van der Waals surface area contributed by atoms with Crippen LogP contribution in [-0.2, 0) is 14.9 Å². The highest BCUT2D eigenvalue weighted by molar-refractivity contribution is 5.83. The van der Waals surface area contributed by atoms with Crippen LogP contribution in [-0.4, -0.2) is 44.2 Å². The summed E-state index contributed by atoms with van der Waals surface area (Å²) in [5, 5.41) is 0. The zero-order valence-electron chi connectivity index (χ0n) is 16.7. The molecular formula is C22H33NO3. The Bertz CT molecular complexity index is 608. The number of hydrogen-bond donors (Lipinski definition) is 0. The Morgan fingerprint density at radius 1 is 1.15 bits per heavy atom. The van der Waals surface area contributed by atoms with Crippen molar-refractivity contribution in [1.82, 2.24) is 4.90 Å². The molecule has 1 aromatic rings. The number of methoxy groups -OCH3 is 1. The van der Waals surface area contributed by atoms with Crippen LogP contribution in [0.25, 0.3) is 0 Å². The van der Waals surface area contributed by atoms with Gasteiger partial charge in [-0.25, -0.2) is 0 Å². The highest BCUT2D eigenvalue weighted by atomic mass is 16.5. The first-order valence-corrected chi connectivity index (χ1v) is 9.99. The van der Waals surface area contributed by atoms with Gasteiger partial charge in [0.25, 0.3) is 0 Å². The second-order valence-electron chi connectivity index (χ2n) is 8.38. The summed E-state index contributed by atoms with van der Waals surface area (Å²) in [6.07, 6.45) is 5.55. The number of carbonyl (C=O) groups is 1. The van der Waals surface area contributed by atoms with Crippen LogP contribution in [0.3, 0.4) is 0 Å². The van der Waals surface area contributed by atoms with Crippen LogP contribution < -0.4 is 4.74 Å². The first-order valence-electron chi connectivity index (χ1n) is 9.99. The fourth-order valence-corrected chi connectivity index (χ4v) is 4.73. The maximum atomic E-state index is 13.4. The summed E-state index contributed by atoms with van der Waals surface area (Å²) >= 11 is 0. The van der Waals surface area contributed by atoms with Crippen molar-refractivity contribution >= 4 is 5.97 Å². The second kappa shape index (κ2) is 7.99. The highest BCUT2D eigenvalue weighted by Gasteiger charge is 2.46. The zero-order chi connectivity index (χ0) is 18.7. The van der Waals surface area contributed by atoms with Crippen LogP contribution in [0.4, 0.5) is 0 Å². The van der Waals surface area contributed by atoms with Crippen LogP contribution in [0, 0.1) is 11.8 Å². The van der Waals surface area contributed by atoms with E-state index in [0.29, 0.717) is 11.8 Å². The van der Waals surface area contributed by atoms with Crippen LogP contribution in [0.2, 0.25) is 0 Å². The van der Waals surface area contributed by atoms with Crippen LogP contribution in [0.15, 0.2) is 24.3 Å². The van der Waals surface area contributed by atoms with E-state index in [1.807, 2.05) is 24.3 Å². The van der Waals surface area contributed by atoms with E-state index in [0.717, 1.165) is 43.7 Å². The molecule has 0 spiro atoms. The molecule has 1 aliphatic carbocycles. The topological polar surface area (TPSA) is 38.8 Å². The summed E-state index contributed by atoms with van der Waals surface area (Å²) in [6, 6.07) is 7.98. The molecule has 1 saturated heterocycles. The monoisotopic (exact) mass is 359 g/mol. The third-order valence-electron chi connectivity index (χ3n) is 6.57. The Hall–Kier alpha value is -1.55. The van der Waals surface area contributed by atoms with Crippen molar-refractivity contribution in [3.63, 3.8) is 0 Å². The molecule has 4 heteroatoms. The van der Waals surface area contributed by atoms with E-state index in [1.54, 1.807) is 7.11 Å². The average molecular weight is 360 g/mol. The van der Waals surface area contributed by atoms with Gasteiger partial charge in [-0.2, -0.15) is 0 Å². The molecule has 4 nitrogen and oxygen atoms in total. The predicted molar refractivity (Wildman–Crippen MR) is 103 cm³/mol. The molecule has 26 heavy (non-hydrogen) atoms. The summed E-state index contributed by atoms with van der Waals surface area (Å²) in [4.78, 5) is 15.7. The fourth-order valence-electron chi connectivity index (χ4n) is 4.73. The number of likely N-dealkylation sites (tertiary alicyclic amines) is 1. The van der Waals surface area contributed by atoms with E-state index in [9.17, 15) is 4.79 Å². The molecule has 3 atom stereocenters. The minimum Gasteiger partial charge on any atom is -0.497 e. The van der Waals surface area contributed by atoms with E-state index >= 15 is 0 Å². The van der Waals surface area contributed by atoms with Crippen molar-refractivity contribution in [3.8, 4) is 5.75 Å². The third kappa shape index (κ3) is 3.75. The number of benzene rings is 1. The normalized spacial score (nSPS) is 27.1. The lowest BCUT2D eigenvalue weighted by Gasteiger charge is -2.39. The van der Waals surface area contributed by atoms with Crippen molar-refractivity contribution < 1.29 is 14.3 Å². The molecule has 1 aromatic carbocycles. The SMILES string of the molecule is COc1ccc(C(C)(C(=O)OC2CCN(C)CC2C)C2CCCC2)cc1. The summed E-state index contributed by atoms with van der Waals surface area (Å²) in [5.41, 5.74) is 0.474. The molecule has 144 valence electrons. The smallest absolute Gasteiger partial charge is 0.316 e. The van der Waals surface area contributed by atoms with Crippen LogP contribution in [0.1, 0.15) is 51.5 Å². The Morgan fingerprint density at radius 3 is 2.38 bits per heavy atom. The second-order valence-corrected chi connectivity index (χ2v) is 8.38. The lowest BCUT2D eigenvalue weighted by molar-refractivity contribution is -0.163. The molecule has 2 aliphatic rings. The molecule has 3 unspecified atom stereocenters. The number of ether oxygens (including phenoxy) is 2. The number of esters is 1. The Balaban J connectivity index is 1.83. The number of carbonyl (C=O) groups excluding carboxylic acids is 1. The molecule has 1 aliphatic heterocycles. The van der Waals surface area contributed by atoms with Gasteiger partial charge in [0, 0.05) is 19.0 Å². The molecule has 0 radical (unpaired) electrons. The minimum absolute atomic E-state index is 0.0256. The molecular weight excluding hydrogens is 326 g/mol. The van der Waals surface area contributed by atoms with Crippen LogP contribution in [0.5, 0.6) is 5.75 Å². The highest BCUT2D eigenvalue weighted by Crippen LogP contribution is 2.44. The zero-order valence-corrected chi connectivity index (χ0v) is 16.7. The first-order chi connectivity index (χ1) is 12.4.